The lowest BCUT2D eigenvalue weighted by Gasteiger charge is -2.04. The van der Waals surface area contributed by atoms with Crippen LogP contribution in [-0.2, 0) is 11.3 Å². The lowest BCUT2D eigenvalue weighted by Crippen LogP contribution is -2.00. The molecule has 0 unspecified atom stereocenters. The molecule has 1 aromatic heterocycles. The fraction of sp³-hybridized carbons (Fsp3) is 0.308. The quantitative estimate of drug-likeness (QED) is 0.903. The van der Waals surface area contributed by atoms with Crippen molar-refractivity contribution in [1.82, 2.24) is 0 Å². The van der Waals surface area contributed by atoms with Crippen LogP contribution in [0.1, 0.15) is 29.1 Å². The number of aromatic carboxylic acids is 1. The molecule has 1 aromatic carbocycles. The van der Waals surface area contributed by atoms with Crippen LogP contribution in [0.2, 0.25) is 0 Å². The SMILES string of the molecule is CC(C)OCc1cc2c(C(=O)O)cccc2s1. The molecule has 0 bridgehead atoms. The molecule has 0 aliphatic rings. The molecular weight excluding hydrogens is 236 g/mol. The van der Waals surface area contributed by atoms with Gasteiger partial charge in [-0.15, -0.1) is 11.3 Å². The molecule has 1 N–H and O–H groups in total. The summed E-state index contributed by atoms with van der Waals surface area (Å²) in [6.07, 6.45) is 0.180. The van der Waals surface area contributed by atoms with Gasteiger partial charge in [0.05, 0.1) is 18.3 Å². The Balaban J connectivity index is 2.36. The number of fused-ring (bicyclic) bond motifs is 1. The average molecular weight is 250 g/mol. The van der Waals surface area contributed by atoms with Crippen LogP contribution in [0.5, 0.6) is 0 Å². The van der Waals surface area contributed by atoms with E-state index in [1.807, 2.05) is 26.0 Å². The number of carboxylic acids is 1. The summed E-state index contributed by atoms with van der Waals surface area (Å²) in [4.78, 5) is 12.1. The van der Waals surface area contributed by atoms with Crippen LogP contribution in [-0.4, -0.2) is 17.2 Å². The molecule has 2 aromatic rings. The summed E-state index contributed by atoms with van der Waals surface area (Å²) in [5.41, 5.74) is 0.356. The van der Waals surface area contributed by atoms with Gasteiger partial charge >= 0.3 is 5.97 Å². The Labute approximate surface area is 104 Å². The first kappa shape index (κ1) is 12.1. The maximum atomic E-state index is 11.1. The van der Waals surface area contributed by atoms with E-state index in [1.165, 1.54) is 0 Å². The van der Waals surface area contributed by atoms with Crippen molar-refractivity contribution < 1.29 is 14.6 Å². The second-order valence-electron chi connectivity index (χ2n) is 4.10. The molecule has 0 aliphatic carbocycles. The van der Waals surface area contributed by atoms with Crippen LogP contribution in [0.25, 0.3) is 10.1 Å². The molecular formula is C13H14O3S. The second kappa shape index (κ2) is 4.85. The minimum atomic E-state index is -0.885. The summed E-state index contributed by atoms with van der Waals surface area (Å²) in [6.45, 7) is 4.50. The van der Waals surface area contributed by atoms with E-state index in [1.54, 1.807) is 23.5 Å². The van der Waals surface area contributed by atoms with Gasteiger partial charge in [-0.25, -0.2) is 4.79 Å². The monoisotopic (exact) mass is 250 g/mol. The Hall–Kier alpha value is -1.39. The van der Waals surface area contributed by atoms with E-state index in [0.29, 0.717) is 12.2 Å². The highest BCUT2D eigenvalue weighted by atomic mass is 32.1. The summed E-state index contributed by atoms with van der Waals surface area (Å²) in [7, 11) is 0. The third-order valence-electron chi connectivity index (χ3n) is 2.40. The molecule has 0 radical (unpaired) electrons. The third kappa shape index (κ3) is 2.65. The smallest absolute Gasteiger partial charge is 0.336 e. The fourth-order valence-electron chi connectivity index (χ4n) is 1.62. The minimum absolute atomic E-state index is 0.180. The van der Waals surface area contributed by atoms with Crippen molar-refractivity contribution in [1.29, 1.82) is 0 Å². The largest absolute Gasteiger partial charge is 0.478 e. The normalized spacial score (nSPS) is 11.2. The van der Waals surface area contributed by atoms with Crippen molar-refractivity contribution in [3.63, 3.8) is 0 Å². The van der Waals surface area contributed by atoms with Gasteiger partial charge in [0.1, 0.15) is 0 Å². The molecule has 90 valence electrons. The molecule has 0 atom stereocenters. The Morgan fingerprint density at radius 1 is 1.47 bits per heavy atom. The highest BCUT2D eigenvalue weighted by Crippen LogP contribution is 2.29. The number of hydrogen-bond donors (Lipinski definition) is 1. The van der Waals surface area contributed by atoms with Crippen molar-refractivity contribution >= 4 is 27.4 Å². The summed E-state index contributed by atoms with van der Waals surface area (Å²) in [5.74, 6) is -0.885. The Kier molecular flexibility index (Phi) is 3.45. The zero-order valence-electron chi connectivity index (χ0n) is 9.77. The number of carbonyl (C=O) groups is 1. The number of hydrogen-bond acceptors (Lipinski definition) is 3. The number of benzene rings is 1. The predicted molar refractivity (Wildman–Crippen MR) is 68.7 cm³/mol. The number of rotatable bonds is 4. The van der Waals surface area contributed by atoms with Crippen molar-refractivity contribution in [2.45, 2.75) is 26.6 Å². The van der Waals surface area contributed by atoms with Crippen LogP contribution in [0.4, 0.5) is 0 Å². The predicted octanol–water partition coefficient (Wildman–Crippen LogP) is 3.52. The number of carboxylic acid groups (broad SMARTS) is 1. The van der Waals surface area contributed by atoms with Gasteiger partial charge in [-0.05, 0) is 32.0 Å². The maximum Gasteiger partial charge on any atom is 0.336 e. The zero-order chi connectivity index (χ0) is 12.4. The Bertz CT molecular complexity index is 543. The average Bonchev–Trinajstić information content (AvgIpc) is 2.68. The van der Waals surface area contributed by atoms with E-state index in [0.717, 1.165) is 15.0 Å². The molecule has 3 nitrogen and oxygen atoms in total. The van der Waals surface area contributed by atoms with Gasteiger partial charge in [0.2, 0.25) is 0 Å². The molecule has 0 spiro atoms. The van der Waals surface area contributed by atoms with E-state index in [9.17, 15) is 4.79 Å². The highest BCUT2D eigenvalue weighted by Gasteiger charge is 2.11. The van der Waals surface area contributed by atoms with Crippen LogP contribution in [0, 0.1) is 0 Å². The van der Waals surface area contributed by atoms with E-state index in [2.05, 4.69) is 0 Å². The van der Waals surface area contributed by atoms with Crippen LogP contribution < -0.4 is 0 Å². The number of ether oxygens (including phenoxy) is 1. The standard InChI is InChI=1S/C13H14O3S/c1-8(2)16-7-9-6-11-10(13(14)15)4-3-5-12(11)17-9/h3-6,8H,7H2,1-2H3,(H,14,15). The topological polar surface area (TPSA) is 46.5 Å². The summed E-state index contributed by atoms with van der Waals surface area (Å²) in [6, 6.07) is 7.25. The highest BCUT2D eigenvalue weighted by molar-refractivity contribution is 7.19. The lowest BCUT2D eigenvalue weighted by molar-refractivity contribution is 0.0673. The molecule has 0 aliphatic heterocycles. The van der Waals surface area contributed by atoms with Crippen LogP contribution in [0.3, 0.4) is 0 Å². The Morgan fingerprint density at radius 3 is 2.88 bits per heavy atom. The molecule has 2 rings (SSSR count). The van der Waals surface area contributed by atoms with Gasteiger partial charge in [-0.3, -0.25) is 0 Å². The van der Waals surface area contributed by atoms with Gasteiger partial charge < -0.3 is 9.84 Å². The van der Waals surface area contributed by atoms with Crippen molar-refractivity contribution in [2.24, 2.45) is 0 Å². The van der Waals surface area contributed by atoms with Crippen LogP contribution >= 0.6 is 11.3 Å². The van der Waals surface area contributed by atoms with E-state index in [-0.39, 0.29) is 6.10 Å². The first-order chi connectivity index (χ1) is 8.08. The lowest BCUT2D eigenvalue weighted by atomic mass is 10.1. The molecule has 4 heteroatoms. The van der Waals surface area contributed by atoms with E-state index in [4.69, 9.17) is 9.84 Å². The molecule has 17 heavy (non-hydrogen) atoms. The molecule has 0 amide bonds. The summed E-state index contributed by atoms with van der Waals surface area (Å²) in [5, 5.41) is 9.88. The van der Waals surface area contributed by atoms with E-state index < -0.39 is 5.97 Å². The minimum Gasteiger partial charge on any atom is -0.478 e. The van der Waals surface area contributed by atoms with Gasteiger partial charge in [0, 0.05) is 15.0 Å². The fourth-order valence-corrected chi connectivity index (χ4v) is 2.63. The molecule has 1 heterocycles. The van der Waals surface area contributed by atoms with Crippen molar-refractivity contribution in [3.8, 4) is 0 Å². The van der Waals surface area contributed by atoms with Gasteiger partial charge in [-0.1, -0.05) is 6.07 Å². The molecule has 0 fully saturated rings. The molecule has 0 saturated heterocycles. The summed E-state index contributed by atoms with van der Waals surface area (Å²) < 4.78 is 6.51. The third-order valence-corrected chi connectivity index (χ3v) is 3.48. The Morgan fingerprint density at radius 2 is 2.24 bits per heavy atom. The zero-order valence-corrected chi connectivity index (χ0v) is 10.6. The van der Waals surface area contributed by atoms with Gasteiger partial charge in [0.25, 0.3) is 0 Å². The van der Waals surface area contributed by atoms with Gasteiger partial charge in [0.15, 0.2) is 0 Å². The maximum absolute atomic E-state index is 11.1. The first-order valence-electron chi connectivity index (χ1n) is 5.44. The van der Waals surface area contributed by atoms with Gasteiger partial charge in [-0.2, -0.15) is 0 Å². The van der Waals surface area contributed by atoms with E-state index >= 15 is 0 Å². The molecule has 0 saturated carbocycles. The second-order valence-corrected chi connectivity index (χ2v) is 5.26. The van der Waals surface area contributed by atoms with Crippen molar-refractivity contribution in [3.05, 3.63) is 34.7 Å². The van der Waals surface area contributed by atoms with Crippen molar-refractivity contribution in [2.75, 3.05) is 0 Å². The number of thiophene rings is 1. The van der Waals surface area contributed by atoms with Crippen LogP contribution in [0.15, 0.2) is 24.3 Å². The summed E-state index contributed by atoms with van der Waals surface area (Å²) >= 11 is 1.58. The first-order valence-corrected chi connectivity index (χ1v) is 6.26.